The number of fused-ring (bicyclic) bond motifs is 4. The van der Waals surface area contributed by atoms with Crippen LogP contribution >= 0.6 is 12.4 Å². The molecule has 0 aliphatic heterocycles. The molecule has 4 N–H and O–H groups in total. The Morgan fingerprint density at radius 1 is 0.750 bits per heavy atom. The fourth-order valence-electron chi connectivity index (χ4n) is 4.54. The van der Waals surface area contributed by atoms with Gasteiger partial charge >= 0.3 is 0 Å². The predicted molar refractivity (Wildman–Crippen MR) is 142 cm³/mol. The zero-order valence-corrected chi connectivity index (χ0v) is 20.1. The van der Waals surface area contributed by atoms with Crippen molar-refractivity contribution in [2.24, 2.45) is 0 Å². The molecule has 0 spiro atoms. The second-order valence-corrected chi connectivity index (χ2v) is 9.74. The van der Waals surface area contributed by atoms with E-state index in [0.717, 1.165) is 28.0 Å². The van der Waals surface area contributed by atoms with Crippen molar-refractivity contribution in [2.75, 3.05) is 0 Å². The highest BCUT2D eigenvalue weighted by molar-refractivity contribution is 7.85. The van der Waals surface area contributed by atoms with Crippen LogP contribution in [0.1, 0.15) is 0 Å². The lowest BCUT2D eigenvalue weighted by molar-refractivity contribution is 0.471. The van der Waals surface area contributed by atoms with E-state index < -0.39 is 15.0 Å². The SMILES string of the molecule is Cl.O=S(=O)(O)c1cc(O)c2c(ccc3[nH]c(-c4ccc(-c5cccc6ccccc56)cc4O)nc32)c1. The van der Waals surface area contributed by atoms with Gasteiger partial charge in [0.05, 0.1) is 21.4 Å². The third-order valence-corrected chi connectivity index (χ3v) is 7.00. The highest BCUT2D eigenvalue weighted by Crippen LogP contribution is 2.38. The minimum absolute atomic E-state index is 0. The lowest BCUT2D eigenvalue weighted by atomic mass is 9.97. The number of aromatic amines is 1. The fourth-order valence-corrected chi connectivity index (χ4v) is 5.07. The monoisotopic (exact) mass is 518 g/mol. The number of benzene rings is 5. The Bertz CT molecular complexity index is 1910. The molecule has 1 aromatic heterocycles. The molecule has 0 radical (unpaired) electrons. The number of phenolic OH excluding ortho intramolecular Hbond substituents is 2. The van der Waals surface area contributed by atoms with E-state index in [4.69, 9.17) is 0 Å². The van der Waals surface area contributed by atoms with Crippen molar-refractivity contribution in [3.05, 3.63) is 84.9 Å². The summed E-state index contributed by atoms with van der Waals surface area (Å²) in [4.78, 5) is 7.34. The summed E-state index contributed by atoms with van der Waals surface area (Å²) >= 11 is 0. The topological polar surface area (TPSA) is 124 Å². The Morgan fingerprint density at radius 2 is 1.53 bits per heavy atom. The first-order valence-corrected chi connectivity index (χ1v) is 12.2. The zero-order valence-electron chi connectivity index (χ0n) is 18.5. The van der Waals surface area contributed by atoms with E-state index in [-0.39, 0.29) is 23.9 Å². The molecule has 5 aromatic carbocycles. The molecule has 0 fully saturated rings. The van der Waals surface area contributed by atoms with Crippen LogP contribution in [0.4, 0.5) is 0 Å². The van der Waals surface area contributed by atoms with Gasteiger partial charge < -0.3 is 15.2 Å². The van der Waals surface area contributed by atoms with E-state index in [1.807, 2.05) is 48.5 Å². The van der Waals surface area contributed by atoms with Crippen LogP contribution in [0.3, 0.4) is 0 Å². The molecule has 0 saturated carbocycles. The maximum atomic E-state index is 11.5. The summed E-state index contributed by atoms with van der Waals surface area (Å²) in [6.45, 7) is 0. The predicted octanol–water partition coefficient (Wildman–Crippen LogP) is 6.28. The molecule has 0 atom stereocenters. The molecular formula is C27H19ClN2O5S. The summed E-state index contributed by atoms with van der Waals surface area (Å²) in [5, 5.41) is 24.3. The van der Waals surface area contributed by atoms with Gasteiger partial charge in [-0.1, -0.05) is 54.6 Å². The minimum atomic E-state index is -4.48. The first-order chi connectivity index (χ1) is 16.8. The number of hydrogen-bond donors (Lipinski definition) is 4. The molecule has 0 bridgehead atoms. The second-order valence-electron chi connectivity index (χ2n) is 8.32. The Balaban J connectivity index is 0.00000267. The van der Waals surface area contributed by atoms with Crippen LogP contribution in [0.15, 0.2) is 89.8 Å². The Morgan fingerprint density at radius 3 is 2.31 bits per heavy atom. The molecule has 0 saturated heterocycles. The third kappa shape index (κ3) is 3.81. The van der Waals surface area contributed by atoms with Crippen LogP contribution in [-0.4, -0.2) is 33.2 Å². The van der Waals surface area contributed by atoms with Crippen LogP contribution in [0.2, 0.25) is 0 Å². The number of rotatable bonds is 3. The quantitative estimate of drug-likeness (QED) is 0.204. The van der Waals surface area contributed by atoms with Gasteiger partial charge in [0, 0.05) is 6.07 Å². The van der Waals surface area contributed by atoms with Gasteiger partial charge in [0.25, 0.3) is 10.1 Å². The van der Waals surface area contributed by atoms with Crippen LogP contribution in [0.25, 0.3) is 55.1 Å². The van der Waals surface area contributed by atoms with Crippen LogP contribution < -0.4 is 0 Å². The van der Waals surface area contributed by atoms with E-state index in [2.05, 4.69) is 9.97 Å². The summed E-state index contributed by atoms with van der Waals surface area (Å²) in [5.41, 5.74) is 3.35. The number of halogens is 1. The van der Waals surface area contributed by atoms with Crippen molar-refractivity contribution in [1.29, 1.82) is 0 Å². The van der Waals surface area contributed by atoms with Crippen LogP contribution in [-0.2, 0) is 10.1 Å². The van der Waals surface area contributed by atoms with Crippen molar-refractivity contribution >= 4 is 55.1 Å². The maximum Gasteiger partial charge on any atom is 0.294 e. The maximum absolute atomic E-state index is 11.5. The highest BCUT2D eigenvalue weighted by atomic mass is 35.5. The molecule has 0 aliphatic rings. The van der Waals surface area contributed by atoms with Gasteiger partial charge in [0.15, 0.2) is 0 Å². The first kappa shape index (κ1) is 23.6. The molecule has 1 heterocycles. The molecule has 7 nitrogen and oxygen atoms in total. The lowest BCUT2D eigenvalue weighted by Gasteiger charge is -2.09. The fraction of sp³-hybridized carbons (Fsp3) is 0. The molecule has 6 aromatic rings. The molecule has 6 rings (SSSR count). The van der Waals surface area contributed by atoms with E-state index in [1.54, 1.807) is 24.3 Å². The number of nitrogens with one attached hydrogen (secondary N) is 1. The number of nitrogens with zero attached hydrogens (tertiary/aromatic N) is 1. The minimum Gasteiger partial charge on any atom is -0.507 e. The summed E-state index contributed by atoms with van der Waals surface area (Å²) < 4.78 is 32.4. The number of H-pyrrole nitrogens is 1. The Labute approximate surface area is 211 Å². The normalized spacial score (nSPS) is 11.7. The summed E-state index contributed by atoms with van der Waals surface area (Å²) in [6.07, 6.45) is 0. The highest BCUT2D eigenvalue weighted by Gasteiger charge is 2.18. The zero-order chi connectivity index (χ0) is 24.3. The van der Waals surface area contributed by atoms with E-state index in [9.17, 15) is 23.2 Å². The van der Waals surface area contributed by atoms with Crippen molar-refractivity contribution < 1.29 is 23.2 Å². The number of imidazole rings is 1. The number of phenols is 2. The summed E-state index contributed by atoms with van der Waals surface area (Å²) in [5.74, 6) is 0.110. The van der Waals surface area contributed by atoms with Gasteiger partial charge in [-0.05, 0) is 51.6 Å². The number of aromatic hydroxyl groups is 2. The van der Waals surface area contributed by atoms with Crippen LogP contribution in [0.5, 0.6) is 11.5 Å². The van der Waals surface area contributed by atoms with Crippen molar-refractivity contribution in [3.63, 3.8) is 0 Å². The second kappa shape index (κ2) is 8.53. The number of hydrogen-bond acceptors (Lipinski definition) is 5. The molecule has 180 valence electrons. The Hall–Kier alpha value is -4.11. The lowest BCUT2D eigenvalue weighted by Crippen LogP contribution is -1.97. The van der Waals surface area contributed by atoms with Crippen LogP contribution in [0, 0.1) is 0 Å². The summed E-state index contributed by atoms with van der Waals surface area (Å²) in [6, 6.07) is 25.0. The number of aromatic nitrogens is 2. The summed E-state index contributed by atoms with van der Waals surface area (Å²) in [7, 11) is -4.48. The van der Waals surface area contributed by atoms with Gasteiger partial charge in [-0.25, -0.2) is 4.98 Å². The smallest absolute Gasteiger partial charge is 0.294 e. The third-order valence-electron chi connectivity index (χ3n) is 6.17. The van der Waals surface area contributed by atoms with E-state index in [1.165, 1.54) is 6.07 Å². The molecule has 9 heteroatoms. The van der Waals surface area contributed by atoms with E-state index >= 15 is 0 Å². The molecule has 0 unspecified atom stereocenters. The van der Waals surface area contributed by atoms with Crippen molar-refractivity contribution in [3.8, 4) is 34.0 Å². The molecule has 0 aliphatic carbocycles. The van der Waals surface area contributed by atoms with Crippen molar-refractivity contribution in [2.45, 2.75) is 4.90 Å². The first-order valence-electron chi connectivity index (χ1n) is 10.7. The Kier molecular flexibility index (Phi) is 5.60. The molecule has 0 amide bonds. The van der Waals surface area contributed by atoms with Gasteiger partial charge in [-0.15, -0.1) is 12.4 Å². The molecule has 36 heavy (non-hydrogen) atoms. The standard InChI is InChI=1S/C27H18N2O5S.ClH/c30-23-13-16(20-7-3-5-15-4-1-2-6-19(15)20)8-10-21(23)27-28-22-11-9-17-12-18(35(32,33)34)14-24(31)25(17)26(22)29-27;/h1-14,30-31H,(H,28,29)(H,32,33,34);1H. The van der Waals surface area contributed by atoms with Crippen molar-refractivity contribution in [1.82, 2.24) is 9.97 Å². The van der Waals surface area contributed by atoms with Gasteiger partial charge in [-0.2, -0.15) is 8.42 Å². The largest absolute Gasteiger partial charge is 0.507 e. The van der Waals surface area contributed by atoms with Gasteiger partial charge in [0.2, 0.25) is 0 Å². The average molecular weight is 519 g/mol. The van der Waals surface area contributed by atoms with E-state index in [0.29, 0.717) is 33.2 Å². The average Bonchev–Trinajstić information content (AvgIpc) is 3.27. The molecular weight excluding hydrogens is 500 g/mol. The van der Waals surface area contributed by atoms with Gasteiger partial charge in [-0.3, -0.25) is 4.55 Å². The van der Waals surface area contributed by atoms with Gasteiger partial charge in [0.1, 0.15) is 22.8 Å².